The number of phenolic OH excluding ortho intramolecular Hbond substituents is 1. The number of aryl methyl sites for hydroxylation is 2. The summed E-state index contributed by atoms with van der Waals surface area (Å²) < 4.78 is 1.70. The second-order valence-corrected chi connectivity index (χ2v) is 7.94. The molecule has 10 heteroatoms. The minimum absolute atomic E-state index is 0.0680. The molecule has 29 heavy (non-hydrogen) atoms. The second-order valence-electron chi connectivity index (χ2n) is 6.94. The smallest absolute Gasteiger partial charge is 0.271 e. The van der Waals surface area contributed by atoms with Gasteiger partial charge in [0.1, 0.15) is 16.4 Å². The molecule has 0 saturated heterocycles. The fourth-order valence-corrected chi connectivity index (χ4v) is 4.63. The van der Waals surface area contributed by atoms with Crippen LogP contribution in [0.5, 0.6) is 5.75 Å². The van der Waals surface area contributed by atoms with Gasteiger partial charge in [-0.2, -0.15) is 0 Å². The lowest BCUT2D eigenvalue weighted by Crippen LogP contribution is -2.24. The molecule has 3 heterocycles. The highest BCUT2D eigenvalue weighted by molar-refractivity contribution is 7.20. The molecule has 3 aromatic rings. The Morgan fingerprint density at radius 3 is 2.90 bits per heavy atom. The number of phenols is 1. The number of carbonyl (C=O) groups is 1. The van der Waals surface area contributed by atoms with Crippen molar-refractivity contribution >= 4 is 38.8 Å². The largest absolute Gasteiger partial charge is 0.506 e. The topological polar surface area (TPSA) is 127 Å². The molecule has 0 saturated carbocycles. The van der Waals surface area contributed by atoms with Crippen molar-refractivity contribution in [3.05, 3.63) is 54.9 Å². The fraction of sp³-hybridized carbons (Fsp3) is 0.316. The van der Waals surface area contributed by atoms with E-state index in [9.17, 15) is 24.8 Å². The fourth-order valence-electron chi connectivity index (χ4n) is 3.54. The molecule has 0 spiro atoms. The molecule has 2 aromatic heterocycles. The van der Waals surface area contributed by atoms with Crippen molar-refractivity contribution in [2.24, 2.45) is 0 Å². The van der Waals surface area contributed by atoms with Crippen LogP contribution in [0.1, 0.15) is 40.3 Å². The molecule has 0 atom stereocenters. The van der Waals surface area contributed by atoms with E-state index in [4.69, 9.17) is 0 Å². The van der Waals surface area contributed by atoms with Crippen molar-refractivity contribution in [2.75, 3.05) is 5.32 Å². The average molecular weight is 414 g/mol. The summed E-state index contributed by atoms with van der Waals surface area (Å²) in [6.07, 6.45) is 3.67. The Bertz CT molecular complexity index is 1210. The first-order valence-electron chi connectivity index (χ1n) is 9.18. The van der Waals surface area contributed by atoms with E-state index in [1.807, 2.05) is 0 Å². The summed E-state index contributed by atoms with van der Waals surface area (Å²) in [6, 6.07) is 3.38. The third-order valence-corrected chi connectivity index (χ3v) is 6.24. The molecule has 1 aromatic carbocycles. The zero-order valence-electron chi connectivity index (χ0n) is 15.6. The van der Waals surface area contributed by atoms with E-state index in [2.05, 4.69) is 10.3 Å². The number of nitro benzene ring substituents is 1. The number of thiophene rings is 1. The van der Waals surface area contributed by atoms with Crippen molar-refractivity contribution in [3.8, 4) is 5.75 Å². The van der Waals surface area contributed by atoms with E-state index < -0.39 is 10.8 Å². The summed E-state index contributed by atoms with van der Waals surface area (Å²) in [5.41, 5.74) is 0.0543. The van der Waals surface area contributed by atoms with E-state index >= 15 is 0 Å². The van der Waals surface area contributed by atoms with Gasteiger partial charge in [0.05, 0.1) is 20.9 Å². The first-order chi connectivity index (χ1) is 13.9. The molecule has 9 nitrogen and oxygen atoms in total. The molecule has 0 fully saturated rings. The number of nitrogens with zero attached hydrogens (tertiary/aromatic N) is 3. The average Bonchev–Trinajstić information content (AvgIpc) is 2.85. The molecular formula is C19H18N4O5S. The Hall–Kier alpha value is -3.27. The van der Waals surface area contributed by atoms with Crippen LogP contribution in [0.15, 0.2) is 23.0 Å². The zero-order valence-corrected chi connectivity index (χ0v) is 16.4. The van der Waals surface area contributed by atoms with Crippen LogP contribution >= 0.6 is 11.3 Å². The highest BCUT2D eigenvalue weighted by Crippen LogP contribution is 2.32. The molecule has 0 bridgehead atoms. The van der Waals surface area contributed by atoms with Gasteiger partial charge in [-0.05, 0) is 31.4 Å². The number of amides is 1. The van der Waals surface area contributed by atoms with Crippen LogP contribution in [-0.2, 0) is 13.0 Å². The van der Waals surface area contributed by atoms with E-state index in [0.29, 0.717) is 22.3 Å². The van der Waals surface area contributed by atoms with Gasteiger partial charge in [-0.25, -0.2) is 4.98 Å². The third-order valence-electron chi connectivity index (χ3n) is 5.06. The molecule has 0 radical (unpaired) electrons. The third kappa shape index (κ3) is 3.35. The Balaban J connectivity index is 1.75. The highest BCUT2D eigenvalue weighted by atomic mass is 32.1. The maximum absolute atomic E-state index is 13.0. The van der Waals surface area contributed by atoms with Crippen LogP contribution < -0.4 is 10.9 Å². The highest BCUT2D eigenvalue weighted by Gasteiger charge is 2.23. The molecule has 1 aliphatic rings. The quantitative estimate of drug-likeness (QED) is 0.384. The van der Waals surface area contributed by atoms with Crippen LogP contribution in [0.4, 0.5) is 11.4 Å². The Morgan fingerprint density at radius 2 is 2.14 bits per heavy atom. The Kier molecular flexibility index (Phi) is 4.79. The van der Waals surface area contributed by atoms with Crippen molar-refractivity contribution in [2.45, 2.75) is 39.2 Å². The standard InChI is InChI=1S/C19H18N4O5S/c1-10-15-18(21-14-5-3-2-4-8-22(14)19(15)26)29-16(10)17(25)20-12-9-11(23(27)28)6-7-13(12)24/h6-7,9,24H,2-5,8H2,1H3,(H,20,25). The minimum atomic E-state index is -0.613. The molecule has 0 unspecified atom stereocenters. The monoisotopic (exact) mass is 414 g/mol. The number of benzene rings is 1. The number of anilines is 1. The maximum atomic E-state index is 13.0. The van der Waals surface area contributed by atoms with Gasteiger partial charge in [-0.3, -0.25) is 24.3 Å². The molecule has 150 valence electrons. The SMILES string of the molecule is Cc1c(C(=O)Nc2cc([N+](=O)[O-])ccc2O)sc2nc3n(c(=O)c12)CCCCC3. The number of non-ortho nitro benzene ring substituents is 1. The van der Waals surface area contributed by atoms with Crippen molar-refractivity contribution in [1.82, 2.24) is 9.55 Å². The summed E-state index contributed by atoms with van der Waals surface area (Å²) in [5, 5.41) is 23.8. The van der Waals surface area contributed by atoms with Gasteiger partial charge in [-0.15, -0.1) is 11.3 Å². The van der Waals surface area contributed by atoms with E-state index in [-0.39, 0.29) is 27.6 Å². The number of fused-ring (bicyclic) bond motifs is 2. The van der Waals surface area contributed by atoms with E-state index in [1.54, 1.807) is 11.5 Å². The zero-order chi connectivity index (χ0) is 20.7. The number of rotatable bonds is 3. The van der Waals surface area contributed by atoms with Gasteiger partial charge in [-0.1, -0.05) is 6.42 Å². The first-order valence-corrected chi connectivity index (χ1v) is 10.00. The number of hydrogen-bond donors (Lipinski definition) is 2. The van der Waals surface area contributed by atoms with Crippen LogP contribution in [0.2, 0.25) is 0 Å². The second kappa shape index (κ2) is 7.28. The maximum Gasteiger partial charge on any atom is 0.271 e. The number of nitrogens with one attached hydrogen (secondary N) is 1. The minimum Gasteiger partial charge on any atom is -0.506 e. The lowest BCUT2D eigenvalue weighted by atomic mass is 10.2. The summed E-state index contributed by atoms with van der Waals surface area (Å²) in [6.45, 7) is 2.31. The van der Waals surface area contributed by atoms with Gasteiger partial charge >= 0.3 is 0 Å². The van der Waals surface area contributed by atoms with Gasteiger partial charge in [0.15, 0.2) is 0 Å². The van der Waals surface area contributed by atoms with Crippen molar-refractivity contribution < 1.29 is 14.8 Å². The summed E-state index contributed by atoms with van der Waals surface area (Å²) >= 11 is 1.11. The number of aromatic nitrogens is 2. The number of aromatic hydroxyl groups is 1. The molecule has 2 N–H and O–H groups in total. The molecule has 4 rings (SSSR count). The van der Waals surface area contributed by atoms with Gasteiger partial charge in [0.2, 0.25) is 0 Å². The van der Waals surface area contributed by atoms with Crippen LogP contribution in [0.25, 0.3) is 10.2 Å². The Labute approximate surface area is 168 Å². The lowest BCUT2D eigenvalue weighted by molar-refractivity contribution is -0.384. The molecule has 0 aliphatic carbocycles. The first kappa shape index (κ1) is 19.1. The van der Waals surface area contributed by atoms with Crippen molar-refractivity contribution in [3.63, 3.8) is 0 Å². The van der Waals surface area contributed by atoms with E-state index in [0.717, 1.165) is 61.0 Å². The molecular weight excluding hydrogens is 396 g/mol. The van der Waals surface area contributed by atoms with Crippen LogP contribution in [0, 0.1) is 17.0 Å². The Morgan fingerprint density at radius 1 is 1.34 bits per heavy atom. The molecule has 1 amide bonds. The lowest BCUT2D eigenvalue weighted by Gasteiger charge is -2.08. The number of hydrogen-bond acceptors (Lipinski definition) is 7. The molecule has 1 aliphatic heterocycles. The predicted molar refractivity (Wildman–Crippen MR) is 109 cm³/mol. The number of carbonyl (C=O) groups excluding carboxylic acids is 1. The van der Waals surface area contributed by atoms with E-state index in [1.165, 1.54) is 0 Å². The van der Waals surface area contributed by atoms with Gasteiger partial charge in [0, 0.05) is 25.1 Å². The predicted octanol–water partition coefficient (Wildman–Crippen LogP) is 3.36. The van der Waals surface area contributed by atoms with Crippen LogP contribution in [0.3, 0.4) is 0 Å². The van der Waals surface area contributed by atoms with Crippen LogP contribution in [-0.4, -0.2) is 25.5 Å². The summed E-state index contributed by atoms with van der Waals surface area (Å²) in [7, 11) is 0. The number of nitro groups is 1. The van der Waals surface area contributed by atoms with Gasteiger partial charge < -0.3 is 10.4 Å². The van der Waals surface area contributed by atoms with Gasteiger partial charge in [0.25, 0.3) is 17.2 Å². The summed E-state index contributed by atoms with van der Waals surface area (Å²) in [5.74, 6) is -0.0990. The normalized spacial score (nSPS) is 13.7. The summed E-state index contributed by atoms with van der Waals surface area (Å²) in [4.78, 5) is 41.6. The van der Waals surface area contributed by atoms with Crippen molar-refractivity contribution in [1.29, 1.82) is 0 Å².